The van der Waals surface area contributed by atoms with Crippen molar-refractivity contribution in [3.8, 4) is 0 Å². The first-order valence-electron chi connectivity index (χ1n) is 8.53. The molecular weight excluding hydrogens is 339 g/mol. The fourth-order valence-corrected chi connectivity index (χ4v) is 2.90. The number of nitrogens with one attached hydrogen (secondary N) is 1. The van der Waals surface area contributed by atoms with E-state index in [1.54, 1.807) is 13.1 Å². The van der Waals surface area contributed by atoms with Crippen LogP contribution in [0.15, 0.2) is 24.3 Å². The summed E-state index contributed by atoms with van der Waals surface area (Å²) < 4.78 is 13.4. The van der Waals surface area contributed by atoms with Gasteiger partial charge in [-0.1, -0.05) is 12.1 Å². The van der Waals surface area contributed by atoms with Crippen LogP contribution in [0.4, 0.5) is 9.18 Å². The van der Waals surface area contributed by atoms with Gasteiger partial charge in [-0.3, -0.25) is 14.5 Å². The molecule has 2 rings (SSSR count). The molecule has 0 aromatic heterocycles. The SMILES string of the molecule is CN1CC(=O)N(CCCC(=O)NCC(c2cccc(F)c2)N(C)C)C1=O. The number of imide groups is 1. The van der Waals surface area contributed by atoms with E-state index in [4.69, 9.17) is 0 Å². The molecule has 7 nitrogen and oxygen atoms in total. The Kier molecular flexibility index (Phi) is 6.68. The van der Waals surface area contributed by atoms with Gasteiger partial charge < -0.3 is 15.1 Å². The highest BCUT2D eigenvalue weighted by Gasteiger charge is 2.32. The summed E-state index contributed by atoms with van der Waals surface area (Å²) in [4.78, 5) is 39.9. The molecule has 1 aliphatic rings. The van der Waals surface area contributed by atoms with Crippen LogP contribution in [-0.2, 0) is 9.59 Å². The number of carbonyl (C=O) groups is 3. The summed E-state index contributed by atoms with van der Waals surface area (Å²) in [5.74, 6) is -0.719. The number of urea groups is 1. The lowest BCUT2D eigenvalue weighted by molar-refractivity contribution is -0.126. The van der Waals surface area contributed by atoms with E-state index in [0.29, 0.717) is 13.0 Å². The Morgan fingerprint density at radius 1 is 1.35 bits per heavy atom. The number of carbonyl (C=O) groups excluding carboxylic acids is 3. The van der Waals surface area contributed by atoms with Gasteiger partial charge in [-0.05, 0) is 38.2 Å². The Morgan fingerprint density at radius 2 is 2.08 bits per heavy atom. The van der Waals surface area contributed by atoms with E-state index in [2.05, 4.69) is 5.32 Å². The van der Waals surface area contributed by atoms with Gasteiger partial charge in [0.05, 0.1) is 6.04 Å². The molecule has 0 bridgehead atoms. The molecule has 1 aromatic carbocycles. The van der Waals surface area contributed by atoms with Gasteiger partial charge in [0, 0.05) is 26.6 Å². The molecule has 4 amide bonds. The van der Waals surface area contributed by atoms with Crippen LogP contribution in [0, 0.1) is 5.82 Å². The van der Waals surface area contributed by atoms with E-state index in [0.717, 1.165) is 5.56 Å². The van der Waals surface area contributed by atoms with Crippen molar-refractivity contribution in [1.29, 1.82) is 0 Å². The van der Waals surface area contributed by atoms with Gasteiger partial charge in [0.25, 0.3) is 0 Å². The van der Waals surface area contributed by atoms with Gasteiger partial charge in [-0.2, -0.15) is 0 Å². The minimum absolute atomic E-state index is 0.0865. The number of rotatable bonds is 8. The number of amides is 4. The molecule has 0 saturated carbocycles. The van der Waals surface area contributed by atoms with E-state index in [1.165, 1.54) is 21.9 Å². The van der Waals surface area contributed by atoms with Crippen molar-refractivity contribution in [2.24, 2.45) is 0 Å². The van der Waals surface area contributed by atoms with Crippen LogP contribution in [0.5, 0.6) is 0 Å². The van der Waals surface area contributed by atoms with E-state index in [-0.39, 0.29) is 49.2 Å². The van der Waals surface area contributed by atoms with Crippen molar-refractivity contribution in [1.82, 2.24) is 20.0 Å². The fourth-order valence-electron chi connectivity index (χ4n) is 2.90. The van der Waals surface area contributed by atoms with Crippen LogP contribution >= 0.6 is 0 Å². The number of halogens is 1. The molecule has 0 radical (unpaired) electrons. The molecular formula is C18H25FN4O3. The molecule has 1 fully saturated rings. The predicted octanol–water partition coefficient (Wildman–Crippen LogP) is 1.22. The average molecular weight is 364 g/mol. The molecule has 142 valence electrons. The van der Waals surface area contributed by atoms with E-state index in [9.17, 15) is 18.8 Å². The lowest BCUT2D eigenvalue weighted by Gasteiger charge is -2.25. The maximum Gasteiger partial charge on any atom is 0.326 e. The van der Waals surface area contributed by atoms with E-state index < -0.39 is 0 Å². The number of hydrogen-bond acceptors (Lipinski definition) is 4. The molecule has 1 N–H and O–H groups in total. The van der Waals surface area contributed by atoms with Crippen LogP contribution in [0.2, 0.25) is 0 Å². The summed E-state index contributed by atoms with van der Waals surface area (Å²) in [7, 11) is 5.30. The fraction of sp³-hybridized carbons (Fsp3) is 0.500. The van der Waals surface area contributed by atoms with Crippen molar-refractivity contribution in [2.45, 2.75) is 18.9 Å². The third-order valence-electron chi connectivity index (χ3n) is 4.37. The Morgan fingerprint density at radius 3 is 2.65 bits per heavy atom. The van der Waals surface area contributed by atoms with Crippen LogP contribution in [-0.4, -0.2) is 73.3 Å². The molecule has 1 aromatic rings. The van der Waals surface area contributed by atoms with Crippen LogP contribution in [0.25, 0.3) is 0 Å². The lowest BCUT2D eigenvalue weighted by Crippen LogP contribution is -2.36. The van der Waals surface area contributed by atoms with Crippen molar-refractivity contribution >= 4 is 17.8 Å². The number of likely N-dealkylation sites (N-methyl/N-ethyl adjacent to an activating group) is 2. The highest BCUT2D eigenvalue weighted by Crippen LogP contribution is 2.18. The smallest absolute Gasteiger partial charge is 0.326 e. The van der Waals surface area contributed by atoms with Crippen molar-refractivity contribution in [2.75, 3.05) is 40.8 Å². The summed E-state index contributed by atoms with van der Waals surface area (Å²) in [6.07, 6.45) is 0.619. The zero-order valence-electron chi connectivity index (χ0n) is 15.4. The third kappa shape index (κ3) is 5.01. The maximum absolute atomic E-state index is 13.4. The Labute approximate surface area is 152 Å². The lowest BCUT2D eigenvalue weighted by atomic mass is 10.1. The Hall–Kier alpha value is -2.48. The molecule has 26 heavy (non-hydrogen) atoms. The van der Waals surface area contributed by atoms with Gasteiger partial charge in [-0.25, -0.2) is 9.18 Å². The van der Waals surface area contributed by atoms with Gasteiger partial charge in [0.2, 0.25) is 11.8 Å². The van der Waals surface area contributed by atoms with Crippen LogP contribution in [0.3, 0.4) is 0 Å². The van der Waals surface area contributed by atoms with Crippen molar-refractivity contribution < 1.29 is 18.8 Å². The monoisotopic (exact) mass is 364 g/mol. The number of benzene rings is 1. The van der Waals surface area contributed by atoms with Crippen molar-refractivity contribution in [3.63, 3.8) is 0 Å². The standard InChI is InChI=1S/C18H25FN4O3/c1-21(2)15(13-6-4-7-14(19)10-13)11-20-16(24)8-5-9-23-17(25)12-22(3)18(23)26/h4,6-7,10,15H,5,8-9,11-12H2,1-3H3,(H,20,24). The molecule has 1 heterocycles. The number of hydrogen-bond donors (Lipinski definition) is 1. The summed E-state index contributed by atoms with van der Waals surface area (Å²) in [6.45, 7) is 0.666. The molecule has 1 atom stereocenters. The van der Waals surface area contributed by atoms with Crippen LogP contribution in [0.1, 0.15) is 24.4 Å². The van der Waals surface area contributed by atoms with E-state index in [1.807, 2.05) is 25.1 Å². The highest BCUT2D eigenvalue weighted by atomic mass is 19.1. The minimum Gasteiger partial charge on any atom is -0.354 e. The zero-order chi connectivity index (χ0) is 19.3. The Balaban J connectivity index is 1.80. The van der Waals surface area contributed by atoms with Gasteiger partial charge >= 0.3 is 6.03 Å². The van der Waals surface area contributed by atoms with Gasteiger partial charge in [-0.15, -0.1) is 0 Å². The Bertz CT molecular complexity index is 680. The zero-order valence-corrected chi connectivity index (χ0v) is 15.4. The summed E-state index contributed by atoms with van der Waals surface area (Å²) in [5.41, 5.74) is 0.784. The molecule has 8 heteroatoms. The topological polar surface area (TPSA) is 73.0 Å². The molecule has 1 aliphatic heterocycles. The highest BCUT2D eigenvalue weighted by molar-refractivity contribution is 6.01. The van der Waals surface area contributed by atoms with Gasteiger partial charge in [0.1, 0.15) is 12.4 Å². The molecule has 1 unspecified atom stereocenters. The average Bonchev–Trinajstić information content (AvgIpc) is 2.81. The quantitative estimate of drug-likeness (QED) is 0.704. The first-order chi connectivity index (χ1) is 12.3. The largest absolute Gasteiger partial charge is 0.354 e. The second kappa shape index (κ2) is 8.75. The van der Waals surface area contributed by atoms with E-state index >= 15 is 0 Å². The minimum atomic E-state index is -0.325. The molecule has 1 saturated heterocycles. The molecule has 0 aliphatic carbocycles. The first kappa shape index (κ1) is 19.8. The molecule has 0 spiro atoms. The number of nitrogens with zero attached hydrogens (tertiary/aromatic N) is 3. The van der Waals surface area contributed by atoms with Gasteiger partial charge in [0.15, 0.2) is 0 Å². The predicted molar refractivity (Wildman–Crippen MR) is 94.8 cm³/mol. The maximum atomic E-state index is 13.4. The normalized spacial score (nSPS) is 15.7. The third-order valence-corrected chi connectivity index (χ3v) is 4.37. The second-order valence-electron chi connectivity index (χ2n) is 6.63. The van der Waals surface area contributed by atoms with Crippen LogP contribution < -0.4 is 5.32 Å². The van der Waals surface area contributed by atoms with Crippen molar-refractivity contribution in [3.05, 3.63) is 35.6 Å². The second-order valence-corrected chi connectivity index (χ2v) is 6.63. The summed E-state index contributed by atoms with van der Waals surface area (Å²) in [6, 6.07) is 5.83. The summed E-state index contributed by atoms with van der Waals surface area (Å²) >= 11 is 0. The first-order valence-corrected chi connectivity index (χ1v) is 8.53. The summed E-state index contributed by atoms with van der Waals surface area (Å²) in [5, 5.41) is 2.84.